The van der Waals surface area contributed by atoms with Gasteiger partial charge in [0.25, 0.3) is 0 Å². The second-order valence-electron chi connectivity index (χ2n) is 7.99. The lowest BCUT2D eigenvalue weighted by Gasteiger charge is -2.32. The molecular formula is C25H31N3O3S. The zero-order chi connectivity index (χ0) is 22.3. The number of benzene rings is 2. The van der Waals surface area contributed by atoms with Crippen LogP contribution in [0, 0.1) is 0 Å². The van der Waals surface area contributed by atoms with E-state index in [9.17, 15) is 0 Å². The zero-order valence-electron chi connectivity index (χ0n) is 18.8. The second-order valence-corrected chi connectivity index (χ2v) is 8.38. The third-order valence-electron chi connectivity index (χ3n) is 5.91. The van der Waals surface area contributed by atoms with Crippen LogP contribution in [0.15, 0.2) is 59.0 Å². The topological polar surface area (TPSA) is 50.1 Å². The molecule has 6 nitrogen and oxygen atoms in total. The summed E-state index contributed by atoms with van der Waals surface area (Å²) in [6.45, 7) is 7.58. The van der Waals surface area contributed by atoms with Crippen LogP contribution in [0.1, 0.15) is 25.1 Å². The molecular weight excluding hydrogens is 422 g/mol. The molecule has 7 heteroatoms. The summed E-state index contributed by atoms with van der Waals surface area (Å²) in [7, 11) is 1.67. The van der Waals surface area contributed by atoms with Gasteiger partial charge in [-0.05, 0) is 49.8 Å². The highest BCUT2D eigenvalue weighted by atomic mass is 32.1. The summed E-state index contributed by atoms with van der Waals surface area (Å²) in [5.41, 5.74) is 1.75. The van der Waals surface area contributed by atoms with Gasteiger partial charge in [-0.25, -0.2) is 0 Å². The maximum atomic E-state index is 6.17. The molecule has 1 aliphatic rings. The van der Waals surface area contributed by atoms with E-state index in [1.165, 1.54) is 0 Å². The largest absolute Gasteiger partial charge is 0.495 e. The molecule has 0 amide bonds. The first-order valence-corrected chi connectivity index (χ1v) is 11.6. The highest BCUT2D eigenvalue weighted by molar-refractivity contribution is 7.80. The first kappa shape index (κ1) is 22.6. The number of methoxy groups -OCH3 is 1. The fourth-order valence-corrected chi connectivity index (χ4v) is 4.42. The summed E-state index contributed by atoms with van der Waals surface area (Å²) in [5, 5.41) is 5.15. The predicted molar refractivity (Wildman–Crippen MR) is 132 cm³/mol. The molecule has 1 fully saturated rings. The van der Waals surface area contributed by atoms with Crippen LogP contribution < -0.4 is 10.1 Å². The SMILES string of the molecule is COc1ccccc1NC(=S)N(CCCN1CCOCC1)C(C)c1cc2ccccc2o1. The van der Waals surface area contributed by atoms with Gasteiger partial charge in [0, 0.05) is 31.6 Å². The van der Waals surface area contributed by atoms with Crippen LogP contribution in [0.4, 0.5) is 5.69 Å². The van der Waals surface area contributed by atoms with Gasteiger partial charge in [0.05, 0.1) is 32.1 Å². The summed E-state index contributed by atoms with van der Waals surface area (Å²) in [4.78, 5) is 4.66. The maximum Gasteiger partial charge on any atom is 0.174 e. The lowest BCUT2D eigenvalue weighted by molar-refractivity contribution is 0.0365. The Labute approximate surface area is 195 Å². The Morgan fingerprint density at radius 2 is 1.91 bits per heavy atom. The summed E-state index contributed by atoms with van der Waals surface area (Å²) >= 11 is 5.88. The highest BCUT2D eigenvalue weighted by Gasteiger charge is 2.23. The van der Waals surface area contributed by atoms with Crippen molar-refractivity contribution in [3.8, 4) is 5.75 Å². The van der Waals surface area contributed by atoms with E-state index in [-0.39, 0.29) is 6.04 Å². The average Bonchev–Trinajstić information content (AvgIpc) is 3.27. The molecule has 0 spiro atoms. The Kier molecular flexibility index (Phi) is 7.63. The molecule has 0 saturated carbocycles. The predicted octanol–water partition coefficient (Wildman–Crippen LogP) is 4.92. The molecule has 1 N–H and O–H groups in total. The number of para-hydroxylation sites is 3. The van der Waals surface area contributed by atoms with Crippen LogP contribution in [-0.2, 0) is 4.74 Å². The second kappa shape index (κ2) is 10.8. The Morgan fingerprint density at radius 1 is 1.16 bits per heavy atom. The highest BCUT2D eigenvalue weighted by Crippen LogP contribution is 2.29. The van der Waals surface area contributed by atoms with Crippen molar-refractivity contribution in [2.75, 3.05) is 51.8 Å². The van der Waals surface area contributed by atoms with E-state index in [0.29, 0.717) is 5.11 Å². The molecule has 1 aromatic heterocycles. The maximum absolute atomic E-state index is 6.17. The summed E-state index contributed by atoms with van der Waals surface area (Å²) in [5.74, 6) is 1.67. The van der Waals surface area contributed by atoms with Crippen molar-refractivity contribution >= 4 is 34.0 Å². The molecule has 3 aromatic rings. The van der Waals surface area contributed by atoms with Gasteiger partial charge in [0.1, 0.15) is 17.1 Å². The van der Waals surface area contributed by atoms with Crippen molar-refractivity contribution in [1.29, 1.82) is 0 Å². The van der Waals surface area contributed by atoms with E-state index in [1.54, 1.807) is 7.11 Å². The molecule has 0 aliphatic carbocycles. The number of anilines is 1. The summed E-state index contributed by atoms with van der Waals surface area (Å²) in [6, 6.07) is 18.0. The molecule has 170 valence electrons. The number of morpholine rings is 1. The smallest absolute Gasteiger partial charge is 0.174 e. The van der Waals surface area contributed by atoms with Gasteiger partial charge in [-0.15, -0.1) is 0 Å². The normalized spacial score (nSPS) is 15.4. The van der Waals surface area contributed by atoms with E-state index >= 15 is 0 Å². The van der Waals surface area contributed by atoms with Crippen LogP contribution >= 0.6 is 12.2 Å². The standard InChI is InChI=1S/C25H31N3O3S/c1-19(24-18-20-8-3-5-10-22(20)31-24)28(13-7-12-27-14-16-30-17-15-27)25(32)26-21-9-4-6-11-23(21)29-2/h3-6,8-11,18-19H,7,12-17H2,1-2H3,(H,26,32). The monoisotopic (exact) mass is 453 g/mol. The van der Waals surface area contributed by atoms with Gasteiger partial charge in [-0.1, -0.05) is 30.3 Å². The van der Waals surface area contributed by atoms with E-state index < -0.39 is 0 Å². The molecule has 0 radical (unpaired) electrons. The number of ether oxygens (including phenoxy) is 2. The molecule has 4 rings (SSSR count). The van der Waals surface area contributed by atoms with Crippen LogP contribution in [0.3, 0.4) is 0 Å². The van der Waals surface area contributed by atoms with Gasteiger partial charge in [0.15, 0.2) is 5.11 Å². The van der Waals surface area contributed by atoms with Crippen molar-refractivity contribution < 1.29 is 13.9 Å². The first-order chi connectivity index (χ1) is 15.7. The Balaban J connectivity index is 1.51. The summed E-state index contributed by atoms with van der Waals surface area (Å²) in [6.07, 6.45) is 0.998. The fourth-order valence-electron chi connectivity index (χ4n) is 4.06. The van der Waals surface area contributed by atoms with Gasteiger partial charge in [-0.2, -0.15) is 0 Å². The molecule has 2 heterocycles. The summed E-state index contributed by atoms with van der Waals surface area (Å²) < 4.78 is 17.1. The van der Waals surface area contributed by atoms with Crippen LogP contribution in [0.25, 0.3) is 11.0 Å². The molecule has 1 unspecified atom stereocenters. The van der Waals surface area contributed by atoms with Crippen molar-refractivity contribution in [3.05, 3.63) is 60.4 Å². The van der Waals surface area contributed by atoms with Crippen molar-refractivity contribution in [1.82, 2.24) is 9.80 Å². The van der Waals surface area contributed by atoms with Gasteiger partial charge >= 0.3 is 0 Å². The van der Waals surface area contributed by atoms with Gasteiger partial charge in [-0.3, -0.25) is 4.90 Å². The third kappa shape index (κ3) is 5.41. The molecule has 1 aliphatic heterocycles. The minimum Gasteiger partial charge on any atom is -0.495 e. The molecule has 2 aromatic carbocycles. The number of nitrogens with zero attached hydrogens (tertiary/aromatic N) is 2. The van der Waals surface area contributed by atoms with Crippen molar-refractivity contribution in [2.45, 2.75) is 19.4 Å². The van der Waals surface area contributed by atoms with E-state index in [1.807, 2.05) is 42.5 Å². The van der Waals surface area contributed by atoms with E-state index in [0.717, 1.165) is 74.0 Å². The average molecular weight is 454 g/mol. The third-order valence-corrected chi connectivity index (χ3v) is 6.25. The lowest BCUT2D eigenvalue weighted by atomic mass is 10.2. The number of hydrogen-bond acceptors (Lipinski definition) is 5. The number of furan rings is 1. The number of thiocarbonyl (C=S) groups is 1. The van der Waals surface area contributed by atoms with Crippen molar-refractivity contribution in [3.63, 3.8) is 0 Å². The molecule has 1 saturated heterocycles. The number of nitrogens with one attached hydrogen (secondary N) is 1. The molecule has 32 heavy (non-hydrogen) atoms. The molecule has 0 bridgehead atoms. The van der Waals surface area contributed by atoms with Gasteiger partial charge < -0.3 is 24.1 Å². The van der Waals surface area contributed by atoms with Crippen LogP contribution in [0.2, 0.25) is 0 Å². The van der Waals surface area contributed by atoms with Crippen LogP contribution in [0.5, 0.6) is 5.75 Å². The zero-order valence-corrected chi connectivity index (χ0v) is 19.6. The number of hydrogen-bond donors (Lipinski definition) is 1. The van der Waals surface area contributed by atoms with Crippen LogP contribution in [-0.4, -0.2) is 61.4 Å². The Hall–Kier alpha value is -2.61. The lowest BCUT2D eigenvalue weighted by Crippen LogP contribution is -2.41. The number of rotatable bonds is 8. The minimum atomic E-state index is -0.0122. The minimum absolute atomic E-state index is 0.0122. The fraction of sp³-hybridized carbons (Fsp3) is 0.400. The molecule has 1 atom stereocenters. The first-order valence-electron chi connectivity index (χ1n) is 11.1. The Morgan fingerprint density at radius 3 is 2.69 bits per heavy atom. The van der Waals surface area contributed by atoms with Gasteiger partial charge in [0.2, 0.25) is 0 Å². The Bertz CT molecular complexity index is 999. The van der Waals surface area contributed by atoms with E-state index in [4.69, 9.17) is 26.1 Å². The van der Waals surface area contributed by atoms with Crippen molar-refractivity contribution in [2.24, 2.45) is 0 Å². The quantitative estimate of drug-likeness (QED) is 0.486. The number of fused-ring (bicyclic) bond motifs is 1. The van der Waals surface area contributed by atoms with E-state index in [2.05, 4.69) is 34.2 Å².